The zero-order valence-electron chi connectivity index (χ0n) is 10.3. The molecule has 2 atom stereocenters. The van der Waals surface area contributed by atoms with E-state index in [1.807, 2.05) is 13.8 Å². The van der Waals surface area contributed by atoms with E-state index in [2.05, 4.69) is 5.32 Å². The van der Waals surface area contributed by atoms with Gasteiger partial charge >= 0.3 is 0 Å². The van der Waals surface area contributed by atoms with Gasteiger partial charge in [-0.05, 0) is 44.9 Å². The number of fused-ring (bicyclic) bond motifs is 2. The zero-order chi connectivity index (χ0) is 11.8. The third kappa shape index (κ3) is 2.53. The number of hydrogen-bond donors (Lipinski definition) is 1. The van der Waals surface area contributed by atoms with Crippen LogP contribution < -0.4 is 5.32 Å². The average molecular weight is 244 g/mol. The molecule has 0 aromatic rings. The molecular formula is C13H22ClNO. The number of halogens is 1. The van der Waals surface area contributed by atoms with Crippen molar-refractivity contribution in [3.8, 4) is 0 Å². The zero-order valence-corrected chi connectivity index (χ0v) is 11.0. The van der Waals surface area contributed by atoms with Gasteiger partial charge in [0, 0.05) is 11.9 Å². The Morgan fingerprint density at radius 1 is 1.25 bits per heavy atom. The lowest BCUT2D eigenvalue weighted by atomic mass is 9.84. The van der Waals surface area contributed by atoms with Gasteiger partial charge in [-0.1, -0.05) is 12.8 Å². The van der Waals surface area contributed by atoms with Crippen molar-refractivity contribution < 1.29 is 4.79 Å². The van der Waals surface area contributed by atoms with Gasteiger partial charge in [-0.2, -0.15) is 0 Å². The van der Waals surface area contributed by atoms with Gasteiger partial charge in [0.15, 0.2) is 0 Å². The average Bonchev–Trinajstić information content (AvgIpc) is 2.58. The molecule has 2 aliphatic carbocycles. The van der Waals surface area contributed by atoms with Crippen LogP contribution >= 0.6 is 11.6 Å². The van der Waals surface area contributed by atoms with Crippen LogP contribution in [0.5, 0.6) is 0 Å². The van der Waals surface area contributed by atoms with E-state index in [1.54, 1.807) is 0 Å². The first-order valence-corrected chi connectivity index (χ1v) is 6.91. The molecule has 0 aliphatic heterocycles. The normalized spacial score (nSPS) is 33.8. The van der Waals surface area contributed by atoms with Crippen molar-refractivity contribution >= 4 is 17.5 Å². The minimum absolute atomic E-state index is 0.119. The van der Waals surface area contributed by atoms with Crippen molar-refractivity contribution in [2.24, 2.45) is 17.3 Å². The second-order valence-electron chi connectivity index (χ2n) is 6.20. The van der Waals surface area contributed by atoms with Crippen LogP contribution in [0, 0.1) is 17.3 Å². The molecule has 2 aliphatic rings. The molecule has 0 heterocycles. The lowest BCUT2D eigenvalue weighted by molar-refractivity contribution is -0.129. The van der Waals surface area contributed by atoms with Gasteiger partial charge in [0.2, 0.25) is 5.91 Å². The van der Waals surface area contributed by atoms with Crippen LogP contribution in [0.3, 0.4) is 0 Å². The summed E-state index contributed by atoms with van der Waals surface area (Å²) in [6, 6.07) is 0.404. The Balaban J connectivity index is 1.88. The fourth-order valence-corrected chi connectivity index (χ4v) is 3.19. The highest BCUT2D eigenvalue weighted by atomic mass is 35.5. The molecule has 0 radical (unpaired) electrons. The predicted molar refractivity (Wildman–Crippen MR) is 66.5 cm³/mol. The maximum Gasteiger partial charge on any atom is 0.227 e. The van der Waals surface area contributed by atoms with Gasteiger partial charge in [0.1, 0.15) is 0 Å². The minimum atomic E-state index is -0.432. The highest BCUT2D eigenvalue weighted by Crippen LogP contribution is 2.42. The summed E-state index contributed by atoms with van der Waals surface area (Å²) in [5.74, 6) is 2.23. The molecule has 0 spiro atoms. The first-order chi connectivity index (χ1) is 7.51. The van der Waals surface area contributed by atoms with Crippen LogP contribution in [0.1, 0.15) is 46.0 Å². The summed E-state index contributed by atoms with van der Waals surface area (Å²) < 4.78 is 0. The van der Waals surface area contributed by atoms with Crippen LogP contribution in [-0.4, -0.2) is 17.8 Å². The fourth-order valence-electron chi connectivity index (χ4n) is 3.07. The molecule has 0 aromatic heterocycles. The largest absolute Gasteiger partial charge is 0.353 e. The monoisotopic (exact) mass is 243 g/mol. The number of carbonyl (C=O) groups excluding carboxylic acids is 1. The number of carbonyl (C=O) groups is 1. The lowest BCUT2D eigenvalue weighted by Crippen LogP contribution is -2.45. The Bertz CT molecular complexity index is 265. The van der Waals surface area contributed by atoms with Crippen molar-refractivity contribution in [1.82, 2.24) is 5.32 Å². The van der Waals surface area contributed by atoms with E-state index in [-0.39, 0.29) is 5.91 Å². The van der Waals surface area contributed by atoms with E-state index >= 15 is 0 Å². The highest BCUT2D eigenvalue weighted by molar-refractivity contribution is 6.19. The third-order valence-corrected chi connectivity index (χ3v) is 4.84. The van der Waals surface area contributed by atoms with Gasteiger partial charge in [0.25, 0.3) is 0 Å². The van der Waals surface area contributed by atoms with Gasteiger partial charge < -0.3 is 5.32 Å². The van der Waals surface area contributed by atoms with Gasteiger partial charge in [0.05, 0.1) is 5.41 Å². The third-order valence-electron chi connectivity index (χ3n) is 4.17. The molecule has 2 saturated carbocycles. The quantitative estimate of drug-likeness (QED) is 0.759. The molecule has 0 aromatic carbocycles. The summed E-state index contributed by atoms with van der Waals surface area (Å²) in [5, 5.41) is 3.19. The van der Waals surface area contributed by atoms with Crippen molar-refractivity contribution in [2.75, 3.05) is 5.88 Å². The van der Waals surface area contributed by atoms with E-state index < -0.39 is 5.41 Å². The number of nitrogens with one attached hydrogen (secondary N) is 1. The molecule has 2 nitrogen and oxygen atoms in total. The van der Waals surface area contributed by atoms with Crippen molar-refractivity contribution in [3.05, 3.63) is 0 Å². The summed E-state index contributed by atoms with van der Waals surface area (Å²) in [5.41, 5.74) is -0.432. The number of amides is 1. The Kier molecular flexibility index (Phi) is 3.48. The van der Waals surface area contributed by atoms with E-state index in [0.29, 0.717) is 11.9 Å². The predicted octanol–water partition coefficient (Wildman–Crippen LogP) is 2.95. The van der Waals surface area contributed by atoms with E-state index in [1.165, 1.54) is 32.1 Å². The SMILES string of the molecule is CC(C)(CCl)C(=O)NC1CC2CCC(C2)C1. The molecule has 2 fully saturated rings. The summed E-state index contributed by atoms with van der Waals surface area (Å²) in [6.45, 7) is 3.82. The summed E-state index contributed by atoms with van der Waals surface area (Å²) in [4.78, 5) is 12.0. The maximum atomic E-state index is 12.0. The maximum absolute atomic E-state index is 12.0. The highest BCUT2D eigenvalue weighted by Gasteiger charge is 2.36. The summed E-state index contributed by atoms with van der Waals surface area (Å²) in [6.07, 6.45) is 6.50. The van der Waals surface area contributed by atoms with E-state index in [9.17, 15) is 4.79 Å². The van der Waals surface area contributed by atoms with Gasteiger partial charge in [-0.3, -0.25) is 4.79 Å². The molecule has 2 rings (SSSR count). The van der Waals surface area contributed by atoms with E-state index in [0.717, 1.165) is 11.8 Å². The lowest BCUT2D eigenvalue weighted by Gasteiger charge is -2.31. The second-order valence-corrected chi connectivity index (χ2v) is 6.47. The Morgan fingerprint density at radius 2 is 1.81 bits per heavy atom. The van der Waals surface area contributed by atoms with Gasteiger partial charge in [-0.15, -0.1) is 11.6 Å². The van der Waals surface area contributed by atoms with E-state index in [4.69, 9.17) is 11.6 Å². The summed E-state index contributed by atoms with van der Waals surface area (Å²) >= 11 is 5.81. The van der Waals surface area contributed by atoms with Crippen LogP contribution in [0.25, 0.3) is 0 Å². The molecule has 1 N–H and O–H groups in total. The molecule has 16 heavy (non-hydrogen) atoms. The Labute approximate surface area is 103 Å². The van der Waals surface area contributed by atoms with Crippen LogP contribution in [0.4, 0.5) is 0 Å². The molecule has 92 valence electrons. The smallest absolute Gasteiger partial charge is 0.227 e. The second kappa shape index (κ2) is 4.56. The fraction of sp³-hybridized carbons (Fsp3) is 0.923. The molecule has 2 bridgehead atoms. The first-order valence-electron chi connectivity index (χ1n) is 6.38. The van der Waals surface area contributed by atoms with Crippen LogP contribution in [0.15, 0.2) is 0 Å². The Hall–Kier alpha value is -0.240. The molecule has 3 heteroatoms. The minimum Gasteiger partial charge on any atom is -0.353 e. The first kappa shape index (κ1) is 12.2. The molecule has 2 unspecified atom stereocenters. The van der Waals surface area contributed by atoms with Crippen molar-refractivity contribution in [1.29, 1.82) is 0 Å². The number of alkyl halides is 1. The topological polar surface area (TPSA) is 29.1 Å². The van der Waals surface area contributed by atoms with Crippen molar-refractivity contribution in [3.63, 3.8) is 0 Å². The summed E-state index contributed by atoms with van der Waals surface area (Å²) in [7, 11) is 0. The molecule has 1 amide bonds. The standard InChI is InChI=1S/C13H22ClNO/c1-13(2,8-14)12(16)15-11-6-9-3-4-10(5-9)7-11/h9-11H,3-8H2,1-2H3,(H,15,16). The van der Waals surface area contributed by atoms with Crippen molar-refractivity contribution in [2.45, 2.75) is 52.0 Å². The Morgan fingerprint density at radius 3 is 2.31 bits per heavy atom. The van der Waals surface area contributed by atoms with Crippen LogP contribution in [-0.2, 0) is 4.79 Å². The van der Waals surface area contributed by atoms with Gasteiger partial charge in [-0.25, -0.2) is 0 Å². The number of rotatable bonds is 3. The van der Waals surface area contributed by atoms with Crippen LogP contribution in [0.2, 0.25) is 0 Å². The number of hydrogen-bond acceptors (Lipinski definition) is 1. The molecule has 0 saturated heterocycles. The molecular weight excluding hydrogens is 222 g/mol.